The van der Waals surface area contributed by atoms with Crippen molar-refractivity contribution in [3.8, 4) is 0 Å². The normalized spacial score (nSPS) is 12.0. The number of hydrogen-bond acceptors (Lipinski definition) is 2. The summed E-state index contributed by atoms with van der Waals surface area (Å²) in [6.07, 6.45) is 15.4. The average Bonchev–Trinajstić information content (AvgIpc) is 2.53. The van der Waals surface area contributed by atoms with E-state index >= 15 is 0 Å². The van der Waals surface area contributed by atoms with Crippen molar-refractivity contribution in [2.45, 2.75) is 116 Å². The van der Waals surface area contributed by atoms with E-state index in [1.807, 2.05) is 0 Å². The zero-order valence-electron chi connectivity index (χ0n) is 15.3. The smallest absolute Gasteiger partial charge is 0.0996 e. The molecule has 0 aliphatic rings. The summed E-state index contributed by atoms with van der Waals surface area (Å²) < 4.78 is 48.6. The molecule has 0 rings (SSSR count). The van der Waals surface area contributed by atoms with Gasteiger partial charge in [-0.2, -0.15) is 0 Å². The van der Waals surface area contributed by atoms with Gasteiger partial charge in [-0.15, -0.1) is 0 Å². The maximum Gasteiger partial charge on any atom is 0.185 e. The molecule has 0 bridgehead atoms. The Balaban J connectivity index is 3.20. The third-order valence-corrected chi connectivity index (χ3v) is 4.52. The molecule has 0 saturated carbocycles. The second-order valence-corrected chi connectivity index (χ2v) is 6.74. The standard InChI is InChI=1S/C18H36F4N2/c1-2-3-4-5-6-7-8-9-10-11-12-13-14-15-16-17-18(23(19)20)24(21)22/h18H,2-17H2,1H3. The molecular formula is C18H36F4N2. The second kappa shape index (κ2) is 17.5. The fourth-order valence-corrected chi connectivity index (χ4v) is 2.96. The summed E-state index contributed by atoms with van der Waals surface area (Å²) in [6, 6.07) is 0. The lowest BCUT2D eigenvalue weighted by molar-refractivity contribution is -0.319. The molecule has 0 aliphatic heterocycles. The van der Waals surface area contributed by atoms with Crippen molar-refractivity contribution >= 4 is 0 Å². The third-order valence-electron chi connectivity index (χ3n) is 4.52. The van der Waals surface area contributed by atoms with Crippen LogP contribution in [0.25, 0.3) is 0 Å². The average molecular weight is 356 g/mol. The number of unbranched alkanes of at least 4 members (excludes halogenated alkanes) is 14. The SMILES string of the molecule is CCCCCCCCCCCCCCCCCC(N(F)F)N(F)F. The van der Waals surface area contributed by atoms with E-state index in [4.69, 9.17) is 0 Å². The highest BCUT2D eigenvalue weighted by molar-refractivity contribution is 4.54. The van der Waals surface area contributed by atoms with Gasteiger partial charge in [-0.1, -0.05) is 121 Å². The van der Waals surface area contributed by atoms with E-state index in [2.05, 4.69) is 6.92 Å². The van der Waals surface area contributed by atoms with Crippen LogP contribution in [0.5, 0.6) is 0 Å². The summed E-state index contributed by atoms with van der Waals surface area (Å²) in [7, 11) is 0. The highest BCUT2D eigenvalue weighted by atomic mass is 19.4. The van der Waals surface area contributed by atoms with Crippen LogP contribution in [0.1, 0.15) is 110 Å². The molecule has 0 heterocycles. The molecule has 0 spiro atoms. The molecule has 146 valence electrons. The Bertz CT molecular complexity index is 245. The summed E-state index contributed by atoms with van der Waals surface area (Å²) in [5.41, 5.74) is 0. The Morgan fingerprint density at radius 2 is 0.792 bits per heavy atom. The Kier molecular flexibility index (Phi) is 17.2. The molecule has 0 unspecified atom stereocenters. The molecule has 0 radical (unpaired) electrons. The molecule has 2 nitrogen and oxygen atoms in total. The summed E-state index contributed by atoms with van der Waals surface area (Å²) in [5, 5.41) is -2.83. The summed E-state index contributed by atoms with van der Waals surface area (Å²) >= 11 is 0. The molecule has 0 aromatic carbocycles. The van der Waals surface area contributed by atoms with Gasteiger partial charge in [-0.05, 0) is 6.42 Å². The molecule has 0 saturated heterocycles. The fourth-order valence-electron chi connectivity index (χ4n) is 2.96. The van der Waals surface area contributed by atoms with E-state index in [0.717, 1.165) is 25.7 Å². The van der Waals surface area contributed by atoms with Gasteiger partial charge in [0.25, 0.3) is 0 Å². The van der Waals surface area contributed by atoms with Crippen LogP contribution in [0.2, 0.25) is 0 Å². The van der Waals surface area contributed by atoms with Gasteiger partial charge in [0.05, 0.1) is 0 Å². The fraction of sp³-hybridized carbons (Fsp3) is 1.00. The van der Waals surface area contributed by atoms with Gasteiger partial charge in [0.1, 0.15) is 0 Å². The van der Waals surface area contributed by atoms with Crippen LogP contribution in [0.3, 0.4) is 0 Å². The van der Waals surface area contributed by atoms with Gasteiger partial charge in [0.2, 0.25) is 0 Å². The summed E-state index contributed by atoms with van der Waals surface area (Å²) in [5.74, 6) is 0. The maximum absolute atomic E-state index is 12.1. The first-order valence-corrected chi connectivity index (χ1v) is 9.81. The molecule has 6 heteroatoms. The van der Waals surface area contributed by atoms with Crippen LogP contribution in [-0.4, -0.2) is 16.9 Å². The van der Waals surface area contributed by atoms with Crippen molar-refractivity contribution in [3.63, 3.8) is 0 Å². The Hall–Kier alpha value is -0.360. The van der Waals surface area contributed by atoms with Crippen molar-refractivity contribution in [1.29, 1.82) is 0 Å². The van der Waals surface area contributed by atoms with Crippen molar-refractivity contribution in [2.75, 3.05) is 0 Å². The molecule has 0 atom stereocenters. The van der Waals surface area contributed by atoms with Gasteiger partial charge in [-0.3, -0.25) is 0 Å². The van der Waals surface area contributed by atoms with Gasteiger partial charge < -0.3 is 0 Å². The first-order valence-electron chi connectivity index (χ1n) is 9.81. The molecule has 0 fully saturated rings. The Labute approximate surface area is 145 Å². The minimum absolute atomic E-state index is 0.196. The lowest BCUT2D eigenvalue weighted by Crippen LogP contribution is -2.31. The largest absolute Gasteiger partial charge is 0.185 e. The van der Waals surface area contributed by atoms with E-state index in [1.165, 1.54) is 64.2 Å². The summed E-state index contributed by atoms with van der Waals surface area (Å²) in [6.45, 7) is 2.24. The van der Waals surface area contributed by atoms with Gasteiger partial charge in [0, 0.05) is 10.7 Å². The van der Waals surface area contributed by atoms with Gasteiger partial charge in [-0.25, -0.2) is 0 Å². The first kappa shape index (κ1) is 23.6. The molecule has 24 heavy (non-hydrogen) atoms. The topological polar surface area (TPSA) is 6.48 Å². The molecular weight excluding hydrogens is 320 g/mol. The predicted octanol–water partition coefficient (Wildman–Crippen LogP) is 7.72. The molecule has 0 amide bonds. The number of nitrogens with zero attached hydrogens (tertiary/aromatic N) is 2. The maximum atomic E-state index is 12.1. The molecule has 0 aromatic heterocycles. The van der Waals surface area contributed by atoms with Crippen molar-refractivity contribution in [2.24, 2.45) is 0 Å². The predicted molar refractivity (Wildman–Crippen MR) is 91.4 cm³/mol. The Morgan fingerprint density at radius 1 is 0.500 bits per heavy atom. The lowest BCUT2D eigenvalue weighted by atomic mass is 10.0. The minimum atomic E-state index is -2.06. The number of hydrogen-bond donors (Lipinski definition) is 0. The van der Waals surface area contributed by atoms with Crippen LogP contribution in [0.4, 0.5) is 17.9 Å². The number of halogens is 4. The number of rotatable bonds is 18. The quantitative estimate of drug-likeness (QED) is 0.107. The highest BCUT2D eigenvalue weighted by Gasteiger charge is 2.26. The van der Waals surface area contributed by atoms with Crippen molar-refractivity contribution < 1.29 is 17.9 Å². The zero-order valence-corrected chi connectivity index (χ0v) is 15.3. The molecule has 0 aliphatic carbocycles. The minimum Gasteiger partial charge on any atom is -0.0996 e. The lowest BCUT2D eigenvalue weighted by Gasteiger charge is -2.15. The van der Waals surface area contributed by atoms with Crippen molar-refractivity contribution in [3.05, 3.63) is 0 Å². The van der Waals surface area contributed by atoms with Crippen LogP contribution in [0, 0.1) is 0 Å². The zero-order chi connectivity index (χ0) is 18.0. The van der Waals surface area contributed by atoms with Crippen LogP contribution >= 0.6 is 0 Å². The van der Waals surface area contributed by atoms with E-state index in [-0.39, 0.29) is 6.42 Å². The van der Waals surface area contributed by atoms with E-state index in [1.54, 1.807) is 0 Å². The van der Waals surface area contributed by atoms with Gasteiger partial charge in [0.15, 0.2) is 6.17 Å². The van der Waals surface area contributed by atoms with Crippen LogP contribution in [0.15, 0.2) is 0 Å². The van der Waals surface area contributed by atoms with Crippen LogP contribution in [-0.2, 0) is 0 Å². The molecule has 0 N–H and O–H groups in total. The van der Waals surface area contributed by atoms with E-state index in [0.29, 0.717) is 6.42 Å². The monoisotopic (exact) mass is 356 g/mol. The van der Waals surface area contributed by atoms with Crippen molar-refractivity contribution in [1.82, 2.24) is 10.7 Å². The van der Waals surface area contributed by atoms with E-state index in [9.17, 15) is 17.9 Å². The third kappa shape index (κ3) is 15.2. The summed E-state index contributed by atoms with van der Waals surface area (Å²) in [4.78, 5) is 0. The first-order chi connectivity index (χ1) is 11.6. The van der Waals surface area contributed by atoms with Gasteiger partial charge >= 0.3 is 0 Å². The highest BCUT2D eigenvalue weighted by Crippen LogP contribution is 2.18. The van der Waals surface area contributed by atoms with E-state index < -0.39 is 16.9 Å². The molecule has 0 aromatic rings. The Morgan fingerprint density at radius 3 is 1.08 bits per heavy atom. The second-order valence-electron chi connectivity index (χ2n) is 6.74. The van der Waals surface area contributed by atoms with Crippen LogP contribution < -0.4 is 0 Å².